The second kappa shape index (κ2) is 11.0. The van der Waals surface area contributed by atoms with Gasteiger partial charge in [-0.25, -0.2) is 0 Å². The molecule has 176 valence electrons. The van der Waals surface area contributed by atoms with Crippen LogP contribution in [0, 0.1) is 13.8 Å². The first-order chi connectivity index (χ1) is 16.5. The van der Waals surface area contributed by atoms with E-state index >= 15 is 0 Å². The van der Waals surface area contributed by atoms with Crippen molar-refractivity contribution >= 4 is 17.9 Å². The predicted molar refractivity (Wildman–Crippen MR) is 133 cm³/mol. The molecule has 1 aliphatic rings. The van der Waals surface area contributed by atoms with E-state index in [-0.39, 0.29) is 23.6 Å². The number of nitrogens with zero attached hydrogens (tertiary/aromatic N) is 1. The van der Waals surface area contributed by atoms with E-state index in [1.54, 1.807) is 24.3 Å². The summed E-state index contributed by atoms with van der Waals surface area (Å²) in [6.07, 6.45) is 4.82. The van der Waals surface area contributed by atoms with Crippen molar-refractivity contribution in [2.45, 2.75) is 39.3 Å². The highest BCUT2D eigenvalue weighted by Gasteiger charge is 2.23. The van der Waals surface area contributed by atoms with E-state index in [0.717, 1.165) is 43.6 Å². The first kappa shape index (κ1) is 23.5. The van der Waals surface area contributed by atoms with Crippen LogP contribution in [0.2, 0.25) is 0 Å². The van der Waals surface area contributed by atoms with Crippen LogP contribution in [0.4, 0.5) is 0 Å². The van der Waals surface area contributed by atoms with E-state index in [2.05, 4.69) is 39.8 Å². The lowest BCUT2D eigenvalue weighted by Crippen LogP contribution is -2.46. The Morgan fingerprint density at radius 1 is 1.00 bits per heavy atom. The Labute approximate surface area is 200 Å². The van der Waals surface area contributed by atoms with Crippen molar-refractivity contribution in [1.29, 1.82) is 0 Å². The van der Waals surface area contributed by atoms with E-state index in [4.69, 9.17) is 4.42 Å². The van der Waals surface area contributed by atoms with Crippen LogP contribution in [-0.2, 0) is 11.3 Å². The monoisotopic (exact) mass is 457 g/mol. The molecule has 0 bridgehead atoms. The van der Waals surface area contributed by atoms with Gasteiger partial charge in [-0.05, 0) is 67.6 Å². The molecular weight excluding hydrogens is 426 g/mol. The van der Waals surface area contributed by atoms with Crippen molar-refractivity contribution in [3.63, 3.8) is 0 Å². The lowest BCUT2D eigenvalue weighted by Gasteiger charge is -2.32. The van der Waals surface area contributed by atoms with Gasteiger partial charge in [0.1, 0.15) is 11.5 Å². The Morgan fingerprint density at radius 3 is 2.44 bits per heavy atom. The molecule has 1 aromatic heterocycles. The van der Waals surface area contributed by atoms with Crippen LogP contribution in [0.15, 0.2) is 77.0 Å². The van der Waals surface area contributed by atoms with Crippen LogP contribution >= 0.6 is 0 Å². The minimum atomic E-state index is -0.325. The Kier molecular flexibility index (Phi) is 7.60. The SMILES string of the molecule is Cc1ccc(C(=O)NC(=Cc2ccco2)C(=O)NC2CCN(Cc3ccccc3)CC2)cc1C. The quantitative estimate of drug-likeness (QED) is 0.514. The number of nitrogens with one attached hydrogen (secondary N) is 2. The third-order valence-corrected chi connectivity index (χ3v) is 6.26. The fourth-order valence-electron chi connectivity index (χ4n) is 4.09. The third kappa shape index (κ3) is 6.23. The molecule has 1 fully saturated rings. The van der Waals surface area contributed by atoms with E-state index in [1.807, 2.05) is 32.0 Å². The standard InChI is InChI=1S/C28H31N3O3/c1-20-10-11-23(17-21(20)2)27(32)30-26(18-25-9-6-16-34-25)28(33)29-24-12-14-31(15-13-24)19-22-7-4-3-5-8-22/h3-11,16-18,24H,12-15,19H2,1-2H3,(H,29,33)(H,30,32). The van der Waals surface area contributed by atoms with Gasteiger partial charge in [0.15, 0.2) is 0 Å². The maximum atomic E-state index is 13.1. The van der Waals surface area contributed by atoms with Gasteiger partial charge in [0.2, 0.25) is 0 Å². The summed E-state index contributed by atoms with van der Waals surface area (Å²) < 4.78 is 5.38. The maximum absolute atomic E-state index is 13.1. The Bertz CT molecular complexity index is 1140. The summed E-state index contributed by atoms with van der Waals surface area (Å²) >= 11 is 0. The van der Waals surface area contributed by atoms with Crippen molar-refractivity contribution in [2.75, 3.05) is 13.1 Å². The maximum Gasteiger partial charge on any atom is 0.268 e. The molecule has 6 nitrogen and oxygen atoms in total. The van der Waals surface area contributed by atoms with Crippen molar-refractivity contribution in [3.05, 3.63) is 101 Å². The lowest BCUT2D eigenvalue weighted by atomic mass is 10.0. The second-order valence-electron chi connectivity index (χ2n) is 8.84. The van der Waals surface area contributed by atoms with Gasteiger partial charge in [0.05, 0.1) is 6.26 Å². The minimum Gasteiger partial charge on any atom is -0.465 e. The van der Waals surface area contributed by atoms with E-state index < -0.39 is 0 Å². The van der Waals surface area contributed by atoms with Crippen LogP contribution in [0.3, 0.4) is 0 Å². The van der Waals surface area contributed by atoms with Crippen LogP contribution < -0.4 is 10.6 Å². The summed E-state index contributed by atoms with van der Waals surface area (Å²) in [5.41, 5.74) is 4.11. The zero-order valence-corrected chi connectivity index (χ0v) is 19.7. The van der Waals surface area contributed by atoms with E-state index in [1.165, 1.54) is 11.8 Å². The molecule has 2 heterocycles. The summed E-state index contributed by atoms with van der Waals surface area (Å²) in [6.45, 7) is 6.69. The summed E-state index contributed by atoms with van der Waals surface area (Å²) in [4.78, 5) is 28.4. The molecule has 34 heavy (non-hydrogen) atoms. The van der Waals surface area contributed by atoms with E-state index in [0.29, 0.717) is 11.3 Å². The van der Waals surface area contributed by atoms with Crippen molar-refractivity contribution in [2.24, 2.45) is 0 Å². The highest BCUT2D eigenvalue weighted by molar-refractivity contribution is 6.05. The predicted octanol–water partition coefficient (Wildman–Crippen LogP) is 4.45. The number of rotatable bonds is 7. The van der Waals surface area contributed by atoms with Crippen LogP contribution in [0.1, 0.15) is 45.7 Å². The molecule has 0 spiro atoms. The highest BCUT2D eigenvalue weighted by Crippen LogP contribution is 2.16. The second-order valence-corrected chi connectivity index (χ2v) is 8.84. The van der Waals surface area contributed by atoms with Gasteiger partial charge in [-0.3, -0.25) is 14.5 Å². The zero-order chi connectivity index (χ0) is 23.9. The van der Waals surface area contributed by atoms with Crippen LogP contribution in [0.25, 0.3) is 6.08 Å². The number of carbonyl (C=O) groups excluding carboxylic acids is 2. The highest BCUT2D eigenvalue weighted by atomic mass is 16.3. The molecule has 2 N–H and O–H groups in total. The number of hydrogen-bond acceptors (Lipinski definition) is 4. The number of hydrogen-bond donors (Lipinski definition) is 2. The smallest absolute Gasteiger partial charge is 0.268 e. The summed E-state index contributed by atoms with van der Waals surface area (Å²) in [7, 11) is 0. The van der Waals surface area contributed by atoms with Crippen molar-refractivity contribution < 1.29 is 14.0 Å². The molecule has 1 saturated heterocycles. The summed E-state index contributed by atoms with van der Waals surface area (Å²) in [6, 6.07) is 19.5. The average molecular weight is 458 g/mol. The lowest BCUT2D eigenvalue weighted by molar-refractivity contribution is -0.118. The van der Waals surface area contributed by atoms with E-state index in [9.17, 15) is 9.59 Å². The number of benzene rings is 2. The largest absolute Gasteiger partial charge is 0.465 e. The zero-order valence-electron chi connectivity index (χ0n) is 19.7. The fourth-order valence-corrected chi connectivity index (χ4v) is 4.09. The van der Waals surface area contributed by atoms with Gasteiger partial charge in [0, 0.05) is 37.3 Å². The van der Waals surface area contributed by atoms with Gasteiger partial charge in [-0.1, -0.05) is 36.4 Å². The van der Waals surface area contributed by atoms with Gasteiger partial charge >= 0.3 is 0 Å². The number of amides is 2. The molecule has 0 atom stereocenters. The summed E-state index contributed by atoms with van der Waals surface area (Å²) in [5, 5.41) is 5.89. The number of carbonyl (C=O) groups is 2. The number of piperidine rings is 1. The number of aryl methyl sites for hydroxylation is 2. The molecule has 2 amide bonds. The molecule has 3 aromatic rings. The molecule has 0 aliphatic carbocycles. The Balaban J connectivity index is 1.39. The molecule has 2 aromatic carbocycles. The first-order valence-electron chi connectivity index (χ1n) is 11.7. The van der Waals surface area contributed by atoms with Crippen LogP contribution in [0.5, 0.6) is 0 Å². The average Bonchev–Trinajstić information content (AvgIpc) is 3.35. The van der Waals surface area contributed by atoms with Gasteiger partial charge in [0.25, 0.3) is 11.8 Å². The van der Waals surface area contributed by atoms with Gasteiger partial charge in [-0.15, -0.1) is 0 Å². The number of furan rings is 1. The minimum absolute atomic E-state index is 0.0537. The summed E-state index contributed by atoms with van der Waals surface area (Å²) in [5.74, 6) is -0.132. The molecule has 4 rings (SSSR count). The Morgan fingerprint density at radius 2 is 1.76 bits per heavy atom. The topological polar surface area (TPSA) is 74.6 Å². The first-order valence-corrected chi connectivity index (χ1v) is 11.7. The van der Waals surface area contributed by atoms with Gasteiger partial charge in [-0.2, -0.15) is 0 Å². The van der Waals surface area contributed by atoms with Crippen LogP contribution in [-0.4, -0.2) is 35.8 Å². The number of likely N-dealkylation sites (tertiary alicyclic amines) is 1. The fraction of sp³-hybridized carbons (Fsp3) is 0.286. The molecule has 6 heteroatoms. The van der Waals surface area contributed by atoms with Crippen molar-refractivity contribution in [3.8, 4) is 0 Å². The molecular formula is C28H31N3O3. The normalized spacial score (nSPS) is 15.2. The third-order valence-electron chi connectivity index (χ3n) is 6.26. The molecule has 1 aliphatic heterocycles. The molecule has 0 saturated carbocycles. The Hall–Kier alpha value is -3.64. The van der Waals surface area contributed by atoms with Crippen molar-refractivity contribution in [1.82, 2.24) is 15.5 Å². The molecule has 0 radical (unpaired) electrons. The van der Waals surface area contributed by atoms with Gasteiger partial charge < -0.3 is 15.1 Å². The molecule has 0 unspecified atom stereocenters.